The van der Waals surface area contributed by atoms with Gasteiger partial charge in [0.05, 0.1) is 62.8 Å². The summed E-state index contributed by atoms with van der Waals surface area (Å²) in [6.45, 7) is 7.34. The maximum absolute atomic E-state index is 13.2. The molecule has 0 amide bonds. The summed E-state index contributed by atoms with van der Waals surface area (Å²) < 4.78 is 14.0. The summed E-state index contributed by atoms with van der Waals surface area (Å²) in [5, 5.41) is 21.3. The maximum atomic E-state index is 13.2. The van der Waals surface area contributed by atoms with E-state index in [0.29, 0.717) is 39.5 Å². The van der Waals surface area contributed by atoms with Gasteiger partial charge in [-0.3, -0.25) is 18.9 Å². The zero-order valence-corrected chi connectivity index (χ0v) is 17.4. The summed E-state index contributed by atoms with van der Waals surface area (Å²) in [5.74, 6) is 0. The average Bonchev–Trinajstić information content (AvgIpc) is 3.01. The Bertz CT molecular complexity index is 802. The van der Waals surface area contributed by atoms with Crippen LogP contribution in [0.15, 0.2) is 29.1 Å². The number of ether oxygens (including phenoxy) is 2. The van der Waals surface area contributed by atoms with Crippen molar-refractivity contribution in [2.45, 2.75) is 25.3 Å². The Balaban J connectivity index is 1.48. The van der Waals surface area contributed by atoms with Crippen LogP contribution in [0.25, 0.3) is 11.0 Å². The van der Waals surface area contributed by atoms with Gasteiger partial charge in [-0.2, -0.15) is 0 Å². The first-order valence-corrected chi connectivity index (χ1v) is 10.8. The molecule has 30 heavy (non-hydrogen) atoms. The number of aliphatic hydroxyl groups excluding tert-OH is 2. The number of hydrogen-bond donors (Lipinski definition) is 2. The number of aromatic nitrogens is 2. The number of fused-ring (bicyclic) bond motifs is 1. The summed E-state index contributed by atoms with van der Waals surface area (Å²) >= 11 is 0. The van der Waals surface area contributed by atoms with E-state index in [1.165, 1.54) is 0 Å². The Labute approximate surface area is 176 Å². The zero-order chi connectivity index (χ0) is 20.9. The molecule has 2 unspecified atom stereocenters. The number of rotatable bonds is 8. The number of benzene rings is 1. The van der Waals surface area contributed by atoms with Crippen LogP contribution in [0.3, 0.4) is 0 Å². The van der Waals surface area contributed by atoms with Crippen LogP contribution in [-0.2, 0) is 22.6 Å². The van der Waals surface area contributed by atoms with Gasteiger partial charge in [0.15, 0.2) is 0 Å². The minimum absolute atomic E-state index is 0.196. The first-order chi connectivity index (χ1) is 14.6. The molecular formula is C21H32N4O5. The predicted octanol–water partition coefficient (Wildman–Crippen LogP) is -0.811. The SMILES string of the molecule is O=c1n(CC(O)CN2CCOCC2)c2ccccc2n1CC(O)CN1CCOCC1. The number of morpholine rings is 2. The van der Waals surface area contributed by atoms with E-state index in [2.05, 4.69) is 9.80 Å². The third kappa shape index (κ3) is 5.11. The second-order valence-corrected chi connectivity index (χ2v) is 8.13. The monoisotopic (exact) mass is 420 g/mol. The molecule has 2 aliphatic rings. The molecule has 2 saturated heterocycles. The molecule has 2 atom stereocenters. The molecule has 166 valence electrons. The van der Waals surface area contributed by atoms with Crippen LogP contribution in [0.2, 0.25) is 0 Å². The Hall–Kier alpha value is -1.75. The minimum Gasteiger partial charge on any atom is -0.390 e. The topological polar surface area (TPSA) is 92.3 Å². The van der Waals surface area contributed by atoms with Gasteiger partial charge in [-0.25, -0.2) is 4.79 Å². The van der Waals surface area contributed by atoms with E-state index in [0.717, 1.165) is 37.2 Å². The summed E-state index contributed by atoms with van der Waals surface area (Å²) in [6, 6.07) is 7.56. The third-order valence-electron chi connectivity index (χ3n) is 5.86. The van der Waals surface area contributed by atoms with Crippen molar-refractivity contribution in [3.63, 3.8) is 0 Å². The summed E-state index contributed by atoms with van der Waals surface area (Å²) in [5.41, 5.74) is 1.36. The second-order valence-electron chi connectivity index (χ2n) is 8.13. The highest BCUT2D eigenvalue weighted by Crippen LogP contribution is 2.15. The molecule has 0 radical (unpaired) electrons. The predicted molar refractivity (Wildman–Crippen MR) is 113 cm³/mol. The highest BCUT2D eigenvalue weighted by molar-refractivity contribution is 5.76. The molecular weight excluding hydrogens is 388 g/mol. The van der Waals surface area contributed by atoms with Gasteiger partial charge >= 0.3 is 5.69 Å². The zero-order valence-electron chi connectivity index (χ0n) is 17.4. The number of nitrogens with zero attached hydrogens (tertiary/aromatic N) is 4. The Morgan fingerprint density at radius 3 is 1.53 bits per heavy atom. The van der Waals surface area contributed by atoms with Crippen LogP contribution in [0, 0.1) is 0 Å². The summed E-state index contributed by atoms with van der Waals surface area (Å²) in [7, 11) is 0. The smallest absolute Gasteiger partial charge is 0.329 e. The fourth-order valence-corrected chi connectivity index (χ4v) is 4.33. The number of aliphatic hydroxyl groups is 2. The molecule has 0 spiro atoms. The van der Waals surface area contributed by atoms with Gasteiger partial charge in [0, 0.05) is 39.3 Å². The summed E-state index contributed by atoms with van der Waals surface area (Å²) in [6.07, 6.45) is -1.31. The van der Waals surface area contributed by atoms with Crippen molar-refractivity contribution in [2.24, 2.45) is 0 Å². The lowest BCUT2D eigenvalue weighted by Crippen LogP contribution is -2.43. The molecule has 9 nitrogen and oxygen atoms in total. The van der Waals surface area contributed by atoms with Gasteiger partial charge in [0.2, 0.25) is 0 Å². The lowest BCUT2D eigenvalue weighted by atomic mass is 10.2. The third-order valence-corrected chi connectivity index (χ3v) is 5.86. The van der Waals surface area contributed by atoms with Gasteiger partial charge < -0.3 is 19.7 Å². The highest BCUT2D eigenvalue weighted by atomic mass is 16.5. The standard InChI is InChI=1S/C21H32N4O5/c26-17(13-22-5-9-29-10-6-22)15-24-19-3-1-2-4-20(19)25(21(24)28)16-18(27)14-23-7-11-30-12-8-23/h1-4,17-18,26-27H,5-16H2. The van der Waals surface area contributed by atoms with E-state index in [-0.39, 0.29) is 18.8 Å². The molecule has 0 bridgehead atoms. The molecule has 3 heterocycles. The number of imidazole rings is 1. The van der Waals surface area contributed by atoms with Crippen LogP contribution >= 0.6 is 0 Å². The lowest BCUT2D eigenvalue weighted by Gasteiger charge is -2.28. The van der Waals surface area contributed by atoms with Gasteiger partial charge in [-0.15, -0.1) is 0 Å². The minimum atomic E-state index is -0.654. The fraction of sp³-hybridized carbons (Fsp3) is 0.667. The average molecular weight is 421 g/mol. The van der Waals surface area contributed by atoms with Crippen LogP contribution in [-0.4, -0.2) is 107 Å². The number of para-hydroxylation sites is 2. The van der Waals surface area contributed by atoms with Crippen LogP contribution < -0.4 is 5.69 Å². The first-order valence-electron chi connectivity index (χ1n) is 10.8. The lowest BCUT2D eigenvalue weighted by molar-refractivity contribution is 0.0107. The van der Waals surface area contributed by atoms with Gasteiger partial charge in [0.1, 0.15) is 0 Å². The highest BCUT2D eigenvalue weighted by Gasteiger charge is 2.21. The quantitative estimate of drug-likeness (QED) is 0.577. The number of hydrogen-bond acceptors (Lipinski definition) is 7. The summed E-state index contributed by atoms with van der Waals surface area (Å²) in [4.78, 5) is 17.5. The molecule has 2 aromatic rings. The molecule has 2 N–H and O–H groups in total. The van der Waals surface area contributed by atoms with Crippen molar-refractivity contribution in [3.05, 3.63) is 34.7 Å². The molecule has 4 rings (SSSR count). The molecule has 0 aliphatic carbocycles. The van der Waals surface area contributed by atoms with E-state index in [1.807, 2.05) is 24.3 Å². The van der Waals surface area contributed by atoms with Crippen molar-refractivity contribution >= 4 is 11.0 Å². The molecule has 9 heteroatoms. The van der Waals surface area contributed by atoms with Crippen LogP contribution in [0.4, 0.5) is 0 Å². The van der Waals surface area contributed by atoms with Crippen molar-refractivity contribution in [2.75, 3.05) is 65.7 Å². The van der Waals surface area contributed by atoms with Crippen LogP contribution in [0.5, 0.6) is 0 Å². The second kappa shape index (κ2) is 10.0. The van der Waals surface area contributed by atoms with Crippen molar-refractivity contribution < 1.29 is 19.7 Å². The Morgan fingerprint density at radius 2 is 1.13 bits per heavy atom. The van der Waals surface area contributed by atoms with Crippen LogP contribution in [0.1, 0.15) is 0 Å². The molecule has 2 fully saturated rings. The molecule has 1 aromatic heterocycles. The van der Waals surface area contributed by atoms with Gasteiger partial charge in [0.25, 0.3) is 0 Å². The maximum Gasteiger partial charge on any atom is 0.329 e. The number of β-amino-alcohol motifs (C(OH)–C–C–N with tert-alkyl or cyclic N) is 2. The van der Waals surface area contributed by atoms with Gasteiger partial charge in [-0.05, 0) is 12.1 Å². The van der Waals surface area contributed by atoms with E-state index in [4.69, 9.17) is 9.47 Å². The largest absolute Gasteiger partial charge is 0.390 e. The van der Waals surface area contributed by atoms with E-state index in [1.54, 1.807) is 9.13 Å². The molecule has 0 saturated carbocycles. The van der Waals surface area contributed by atoms with Crippen molar-refractivity contribution in [3.8, 4) is 0 Å². The molecule has 2 aliphatic heterocycles. The van der Waals surface area contributed by atoms with E-state index in [9.17, 15) is 15.0 Å². The normalized spacial score (nSPS) is 21.1. The Kier molecular flexibility index (Phi) is 7.19. The Morgan fingerprint density at radius 1 is 0.733 bits per heavy atom. The molecule has 1 aromatic carbocycles. The van der Waals surface area contributed by atoms with E-state index >= 15 is 0 Å². The van der Waals surface area contributed by atoms with Crippen molar-refractivity contribution in [1.82, 2.24) is 18.9 Å². The first kappa shape index (κ1) is 21.5. The fourth-order valence-electron chi connectivity index (χ4n) is 4.33. The van der Waals surface area contributed by atoms with E-state index < -0.39 is 12.2 Å². The van der Waals surface area contributed by atoms with Gasteiger partial charge in [-0.1, -0.05) is 12.1 Å². The van der Waals surface area contributed by atoms with Crippen molar-refractivity contribution in [1.29, 1.82) is 0 Å².